The summed E-state index contributed by atoms with van der Waals surface area (Å²) >= 11 is 5.84. The first kappa shape index (κ1) is 13.3. The van der Waals surface area contributed by atoms with Gasteiger partial charge in [0.05, 0.1) is 17.2 Å². The fourth-order valence-electron chi connectivity index (χ4n) is 1.12. The van der Waals surface area contributed by atoms with Crippen LogP contribution in [-0.2, 0) is 9.53 Å². The van der Waals surface area contributed by atoms with Crippen molar-refractivity contribution in [3.63, 3.8) is 0 Å². The van der Waals surface area contributed by atoms with Gasteiger partial charge >= 0.3 is 5.97 Å². The van der Waals surface area contributed by atoms with E-state index in [0.29, 0.717) is 5.02 Å². The number of esters is 1. The summed E-state index contributed by atoms with van der Waals surface area (Å²) in [4.78, 5) is 22.9. The molecule has 1 N–H and O–H groups in total. The lowest BCUT2D eigenvalue weighted by Crippen LogP contribution is -2.28. The topological polar surface area (TPSA) is 55.4 Å². The Labute approximate surface area is 104 Å². The molecular formula is C12H12ClNO3. The number of carbonyl (C=O) groups is 2. The lowest BCUT2D eigenvalue weighted by Gasteiger charge is -2.08. The molecule has 1 rings (SSSR count). The lowest BCUT2D eigenvalue weighted by atomic mass is 10.2. The van der Waals surface area contributed by atoms with Crippen LogP contribution in [0.4, 0.5) is 0 Å². The van der Waals surface area contributed by atoms with Crippen molar-refractivity contribution in [2.45, 2.75) is 6.92 Å². The summed E-state index contributed by atoms with van der Waals surface area (Å²) in [5.74, 6) is -1.15. The molecule has 0 radical (unpaired) electrons. The quantitative estimate of drug-likeness (QED) is 0.661. The highest BCUT2D eigenvalue weighted by atomic mass is 35.5. The highest BCUT2D eigenvalue weighted by Crippen LogP contribution is 2.14. The number of amides is 1. The van der Waals surface area contributed by atoms with Crippen LogP contribution in [0.1, 0.15) is 17.3 Å². The van der Waals surface area contributed by atoms with E-state index in [4.69, 9.17) is 11.6 Å². The van der Waals surface area contributed by atoms with E-state index in [1.807, 2.05) is 0 Å². The maximum absolute atomic E-state index is 11.7. The number of carbonyl (C=O) groups excluding carboxylic acids is 2. The summed E-state index contributed by atoms with van der Waals surface area (Å²) in [6.07, 6.45) is 0. The van der Waals surface area contributed by atoms with Crippen molar-refractivity contribution in [2.24, 2.45) is 0 Å². The minimum absolute atomic E-state index is 0.114. The largest absolute Gasteiger partial charge is 0.461 e. The molecule has 17 heavy (non-hydrogen) atoms. The second-order valence-corrected chi connectivity index (χ2v) is 3.54. The van der Waals surface area contributed by atoms with Gasteiger partial charge in [-0.05, 0) is 19.1 Å². The monoisotopic (exact) mass is 253 g/mol. The summed E-state index contributed by atoms with van der Waals surface area (Å²) in [5, 5.41) is 2.64. The maximum Gasteiger partial charge on any atom is 0.354 e. The van der Waals surface area contributed by atoms with Gasteiger partial charge in [-0.2, -0.15) is 0 Å². The van der Waals surface area contributed by atoms with E-state index in [0.717, 1.165) is 0 Å². The summed E-state index contributed by atoms with van der Waals surface area (Å²) in [6.45, 7) is 5.31. The third-order valence-corrected chi connectivity index (χ3v) is 2.23. The molecule has 0 saturated carbocycles. The van der Waals surface area contributed by atoms with E-state index in [9.17, 15) is 9.59 Å². The molecule has 0 aliphatic carbocycles. The Balaban J connectivity index is 2.71. The lowest BCUT2D eigenvalue weighted by molar-refractivity contribution is -0.138. The van der Waals surface area contributed by atoms with Crippen molar-refractivity contribution in [1.82, 2.24) is 5.32 Å². The van der Waals surface area contributed by atoms with Crippen molar-refractivity contribution in [2.75, 3.05) is 6.61 Å². The molecule has 0 heterocycles. The number of ether oxygens (including phenoxy) is 1. The molecule has 0 aliphatic rings. The Morgan fingerprint density at radius 1 is 1.41 bits per heavy atom. The Kier molecular flexibility index (Phi) is 4.72. The molecule has 4 nitrogen and oxygen atoms in total. The summed E-state index contributed by atoms with van der Waals surface area (Å²) in [5.41, 5.74) is 0.163. The molecule has 0 bridgehead atoms. The number of benzene rings is 1. The van der Waals surface area contributed by atoms with E-state index in [-0.39, 0.29) is 17.9 Å². The molecular weight excluding hydrogens is 242 g/mol. The number of halogens is 1. The van der Waals surface area contributed by atoms with Gasteiger partial charge in [0, 0.05) is 0 Å². The van der Waals surface area contributed by atoms with E-state index in [1.165, 1.54) is 0 Å². The van der Waals surface area contributed by atoms with Crippen LogP contribution in [0.15, 0.2) is 36.5 Å². The van der Waals surface area contributed by atoms with Gasteiger partial charge in [-0.1, -0.05) is 30.3 Å². The van der Waals surface area contributed by atoms with Crippen molar-refractivity contribution in [3.8, 4) is 0 Å². The molecule has 5 heteroatoms. The first-order valence-electron chi connectivity index (χ1n) is 4.98. The van der Waals surface area contributed by atoms with Gasteiger partial charge in [0.2, 0.25) is 0 Å². The Bertz CT molecular complexity index is 457. The highest BCUT2D eigenvalue weighted by Gasteiger charge is 2.14. The maximum atomic E-state index is 11.7. The molecule has 0 atom stereocenters. The molecule has 0 saturated heterocycles. The molecule has 1 amide bonds. The van der Waals surface area contributed by atoms with Crippen LogP contribution in [0.2, 0.25) is 5.02 Å². The molecule has 0 spiro atoms. The SMILES string of the molecule is C=C(NC(=O)c1ccccc1Cl)C(=O)OCC. The summed E-state index contributed by atoms with van der Waals surface area (Å²) in [6, 6.07) is 6.52. The number of hydrogen-bond acceptors (Lipinski definition) is 3. The zero-order chi connectivity index (χ0) is 12.8. The minimum Gasteiger partial charge on any atom is -0.461 e. The standard InChI is InChI=1S/C12H12ClNO3/c1-3-17-12(16)8(2)14-11(15)9-6-4-5-7-10(9)13/h4-7H,2-3H2,1H3,(H,14,15). The smallest absolute Gasteiger partial charge is 0.354 e. The van der Waals surface area contributed by atoms with Crippen LogP contribution in [0.5, 0.6) is 0 Å². The molecule has 0 aromatic heterocycles. The molecule has 0 fully saturated rings. The average Bonchev–Trinajstić information content (AvgIpc) is 2.29. The van der Waals surface area contributed by atoms with Gasteiger partial charge in [-0.3, -0.25) is 4.79 Å². The van der Waals surface area contributed by atoms with E-state index in [1.54, 1.807) is 31.2 Å². The minimum atomic E-state index is -0.659. The van der Waals surface area contributed by atoms with Crippen LogP contribution in [0.3, 0.4) is 0 Å². The third-order valence-electron chi connectivity index (χ3n) is 1.90. The van der Waals surface area contributed by atoms with Gasteiger partial charge < -0.3 is 10.1 Å². The first-order valence-corrected chi connectivity index (χ1v) is 5.36. The second kappa shape index (κ2) is 6.06. The van der Waals surface area contributed by atoms with Gasteiger partial charge in [-0.15, -0.1) is 0 Å². The van der Waals surface area contributed by atoms with Gasteiger partial charge in [0.1, 0.15) is 5.70 Å². The Hall–Kier alpha value is -1.81. The van der Waals surface area contributed by atoms with Gasteiger partial charge in [-0.25, -0.2) is 4.79 Å². The predicted octanol–water partition coefficient (Wildman–Crippen LogP) is 2.15. The fourth-order valence-corrected chi connectivity index (χ4v) is 1.34. The normalized spacial score (nSPS) is 9.53. The van der Waals surface area contributed by atoms with Crippen molar-refractivity contribution >= 4 is 23.5 Å². The van der Waals surface area contributed by atoms with E-state index in [2.05, 4.69) is 16.6 Å². The van der Waals surface area contributed by atoms with Gasteiger partial charge in [0.15, 0.2) is 0 Å². The van der Waals surface area contributed by atoms with Crippen LogP contribution >= 0.6 is 11.6 Å². The zero-order valence-electron chi connectivity index (χ0n) is 9.33. The van der Waals surface area contributed by atoms with Crippen LogP contribution in [-0.4, -0.2) is 18.5 Å². The van der Waals surface area contributed by atoms with Crippen molar-refractivity contribution < 1.29 is 14.3 Å². The average molecular weight is 254 g/mol. The van der Waals surface area contributed by atoms with E-state index >= 15 is 0 Å². The fraction of sp³-hybridized carbons (Fsp3) is 0.167. The van der Waals surface area contributed by atoms with Crippen LogP contribution < -0.4 is 5.32 Å². The second-order valence-electron chi connectivity index (χ2n) is 3.13. The number of rotatable bonds is 4. The summed E-state index contributed by atoms with van der Waals surface area (Å²) < 4.78 is 4.68. The predicted molar refractivity (Wildman–Crippen MR) is 64.7 cm³/mol. The summed E-state index contributed by atoms with van der Waals surface area (Å²) in [7, 11) is 0. The Morgan fingerprint density at radius 3 is 2.65 bits per heavy atom. The Morgan fingerprint density at radius 2 is 2.06 bits per heavy atom. The van der Waals surface area contributed by atoms with Gasteiger partial charge in [0.25, 0.3) is 5.91 Å². The number of nitrogens with one attached hydrogen (secondary N) is 1. The number of hydrogen-bond donors (Lipinski definition) is 1. The van der Waals surface area contributed by atoms with Crippen LogP contribution in [0, 0.1) is 0 Å². The van der Waals surface area contributed by atoms with E-state index < -0.39 is 11.9 Å². The third kappa shape index (κ3) is 3.60. The zero-order valence-corrected chi connectivity index (χ0v) is 10.1. The molecule has 0 aliphatic heterocycles. The molecule has 0 unspecified atom stereocenters. The highest BCUT2D eigenvalue weighted by molar-refractivity contribution is 6.33. The van der Waals surface area contributed by atoms with Crippen molar-refractivity contribution in [1.29, 1.82) is 0 Å². The van der Waals surface area contributed by atoms with Crippen molar-refractivity contribution in [3.05, 3.63) is 47.1 Å². The first-order chi connectivity index (χ1) is 8.06. The molecule has 1 aromatic carbocycles. The molecule has 90 valence electrons. The van der Waals surface area contributed by atoms with Crippen LogP contribution in [0.25, 0.3) is 0 Å². The molecule has 1 aromatic rings.